The molecular formula is C40H24N4O. The highest BCUT2D eigenvalue weighted by Gasteiger charge is 2.19. The van der Waals surface area contributed by atoms with Gasteiger partial charge in [0.15, 0.2) is 17.5 Å². The predicted octanol–water partition coefficient (Wildman–Crippen LogP) is 10.1. The van der Waals surface area contributed by atoms with Gasteiger partial charge in [0.25, 0.3) is 0 Å². The molecule has 0 aliphatic carbocycles. The molecule has 3 heterocycles. The Bertz CT molecular complexity index is 2540. The van der Waals surface area contributed by atoms with Crippen molar-refractivity contribution < 1.29 is 4.42 Å². The van der Waals surface area contributed by atoms with Gasteiger partial charge in [-0.3, -0.25) is 4.98 Å². The normalized spacial score (nSPS) is 11.6. The number of benzene rings is 6. The third kappa shape index (κ3) is 4.41. The number of aromatic nitrogens is 4. The fourth-order valence-corrected chi connectivity index (χ4v) is 6.09. The first-order valence-electron chi connectivity index (χ1n) is 14.9. The molecule has 0 amide bonds. The van der Waals surface area contributed by atoms with E-state index in [4.69, 9.17) is 24.4 Å². The van der Waals surface area contributed by atoms with Crippen LogP contribution in [0.3, 0.4) is 0 Å². The molecule has 0 aliphatic rings. The van der Waals surface area contributed by atoms with Crippen LogP contribution in [-0.2, 0) is 0 Å². The number of rotatable bonds is 4. The minimum Gasteiger partial charge on any atom is -0.456 e. The summed E-state index contributed by atoms with van der Waals surface area (Å²) in [6, 6.07) is 47.7. The molecule has 0 atom stereocenters. The fourth-order valence-electron chi connectivity index (χ4n) is 6.09. The van der Waals surface area contributed by atoms with Gasteiger partial charge in [0.2, 0.25) is 0 Å². The maximum Gasteiger partial charge on any atom is 0.183 e. The Kier molecular flexibility index (Phi) is 5.74. The highest BCUT2D eigenvalue weighted by molar-refractivity contribution is 6.14. The summed E-state index contributed by atoms with van der Waals surface area (Å²) in [4.78, 5) is 19.9. The topological polar surface area (TPSA) is 64.7 Å². The maximum atomic E-state index is 6.34. The van der Waals surface area contributed by atoms with Gasteiger partial charge in [0.1, 0.15) is 16.9 Å². The van der Waals surface area contributed by atoms with E-state index in [0.29, 0.717) is 23.2 Å². The second-order valence-electron chi connectivity index (χ2n) is 11.1. The summed E-state index contributed by atoms with van der Waals surface area (Å²) in [7, 11) is 0. The molecule has 0 aliphatic heterocycles. The van der Waals surface area contributed by atoms with E-state index >= 15 is 0 Å². The zero-order valence-corrected chi connectivity index (χ0v) is 24.1. The number of furan rings is 1. The van der Waals surface area contributed by atoms with Crippen LogP contribution in [0, 0.1) is 0 Å². The van der Waals surface area contributed by atoms with Crippen molar-refractivity contribution in [3.05, 3.63) is 146 Å². The van der Waals surface area contributed by atoms with Crippen LogP contribution >= 0.6 is 0 Å². The molecule has 3 aromatic heterocycles. The Morgan fingerprint density at radius 3 is 1.76 bits per heavy atom. The number of fused-ring (bicyclic) bond motifs is 5. The van der Waals surface area contributed by atoms with Crippen molar-refractivity contribution in [1.82, 2.24) is 19.9 Å². The second kappa shape index (κ2) is 10.2. The van der Waals surface area contributed by atoms with E-state index in [9.17, 15) is 0 Å². The van der Waals surface area contributed by atoms with Gasteiger partial charge in [-0.2, -0.15) is 0 Å². The van der Waals surface area contributed by atoms with E-state index in [1.165, 1.54) is 0 Å². The molecular weight excluding hydrogens is 552 g/mol. The van der Waals surface area contributed by atoms with E-state index < -0.39 is 0 Å². The standard InChI is InChI=1S/C40H24N4O/c1-2-8-25(9-3-1)27-14-17-28(18-15-27)38-42-39(32-19-16-26-10-4-5-11-29(26)22-32)44-40(43-38)37-36-33-23-30-12-6-7-13-31(30)24-35(33)45-34(36)20-21-41-37/h1-24H. The number of hydrogen-bond donors (Lipinski definition) is 0. The minimum absolute atomic E-state index is 0.497. The predicted molar refractivity (Wildman–Crippen MR) is 182 cm³/mol. The van der Waals surface area contributed by atoms with Gasteiger partial charge in [-0.25, -0.2) is 15.0 Å². The smallest absolute Gasteiger partial charge is 0.183 e. The van der Waals surface area contributed by atoms with Crippen LogP contribution in [-0.4, -0.2) is 19.9 Å². The first-order valence-corrected chi connectivity index (χ1v) is 14.9. The molecule has 6 aromatic carbocycles. The van der Waals surface area contributed by atoms with Gasteiger partial charge in [0.05, 0.1) is 5.39 Å². The van der Waals surface area contributed by atoms with Crippen LogP contribution in [0.1, 0.15) is 0 Å². The molecule has 0 bridgehead atoms. The molecule has 0 N–H and O–H groups in total. The molecule has 5 heteroatoms. The Morgan fingerprint density at radius 2 is 0.978 bits per heavy atom. The van der Waals surface area contributed by atoms with Crippen molar-refractivity contribution >= 4 is 43.5 Å². The van der Waals surface area contributed by atoms with Gasteiger partial charge in [-0.05, 0) is 56.9 Å². The first-order chi connectivity index (χ1) is 22.3. The lowest BCUT2D eigenvalue weighted by Crippen LogP contribution is -2.01. The van der Waals surface area contributed by atoms with E-state index in [1.54, 1.807) is 6.20 Å². The Balaban J connectivity index is 1.26. The van der Waals surface area contributed by atoms with Crippen LogP contribution in [0.25, 0.3) is 88.9 Å². The lowest BCUT2D eigenvalue weighted by Gasteiger charge is -2.10. The van der Waals surface area contributed by atoms with Crippen LogP contribution in [0.2, 0.25) is 0 Å². The Morgan fingerprint density at radius 1 is 0.400 bits per heavy atom. The van der Waals surface area contributed by atoms with Crippen molar-refractivity contribution in [2.24, 2.45) is 0 Å². The molecule has 0 unspecified atom stereocenters. The largest absolute Gasteiger partial charge is 0.456 e. The SMILES string of the molecule is c1ccc(-c2ccc(-c3nc(-c4ccc5ccccc5c4)nc(-c4nccc5oc6cc7ccccc7cc6c45)n3)cc2)cc1. The van der Waals surface area contributed by atoms with Gasteiger partial charge in [0, 0.05) is 22.7 Å². The average molecular weight is 577 g/mol. The minimum atomic E-state index is 0.497. The van der Waals surface area contributed by atoms with Gasteiger partial charge in [-0.15, -0.1) is 0 Å². The zero-order valence-electron chi connectivity index (χ0n) is 24.1. The molecule has 9 rings (SSSR count). The van der Waals surface area contributed by atoms with Crippen molar-refractivity contribution in [3.63, 3.8) is 0 Å². The first kappa shape index (κ1) is 25.3. The third-order valence-corrected chi connectivity index (χ3v) is 8.36. The summed E-state index contributed by atoms with van der Waals surface area (Å²) in [5, 5.41) is 6.41. The fraction of sp³-hybridized carbons (Fsp3) is 0. The van der Waals surface area contributed by atoms with Crippen molar-refractivity contribution in [3.8, 4) is 45.4 Å². The highest BCUT2D eigenvalue weighted by Crippen LogP contribution is 2.37. The van der Waals surface area contributed by atoms with Crippen molar-refractivity contribution in [1.29, 1.82) is 0 Å². The zero-order chi connectivity index (χ0) is 29.7. The Hall–Kier alpha value is -6.20. The number of hydrogen-bond acceptors (Lipinski definition) is 5. The molecule has 0 radical (unpaired) electrons. The average Bonchev–Trinajstić information content (AvgIpc) is 3.48. The van der Waals surface area contributed by atoms with Crippen molar-refractivity contribution in [2.75, 3.05) is 0 Å². The van der Waals surface area contributed by atoms with Crippen LogP contribution < -0.4 is 0 Å². The summed E-state index contributed by atoms with van der Waals surface area (Å²) in [6.45, 7) is 0. The Labute approximate surface area is 258 Å². The summed E-state index contributed by atoms with van der Waals surface area (Å²) < 4.78 is 6.34. The molecule has 0 spiro atoms. The second-order valence-corrected chi connectivity index (χ2v) is 11.1. The summed E-state index contributed by atoms with van der Waals surface area (Å²) in [5.74, 6) is 1.67. The van der Waals surface area contributed by atoms with Crippen LogP contribution in [0.5, 0.6) is 0 Å². The van der Waals surface area contributed by atoms with Crippen molar-refractivity contribution in [2.45, 2.75) is 0 Å². The van der Waals surface area contributed by atoms with E-state index in [-0.39, 0.29) is 0 Å². The quantitative estimate of drug-likeness (QED) is 0.209. The maximum absolute atomic E-state index is 6.34. The lowest BCUT2D eigenvalue weighted by molar-refractivity contribution is 0.669. The van der Waals surface area contributed by atoms with Gasteiger partial charge >= 0.3 is 0 Å². The number of nitrogens with zero attached hydrogens (tertiary/aromatic N) is 4. The monoisotopic (exact) mass is 576 g/mol. The highest BCUT2D eigenvalue weighted by atomic mass is 16.3. The van der Waals surface area contributed by atoms with E-state index in [0.717, 1.165) is 65.7 Å². The van der Waals surface area contributed by atoms with Crippen LogP contribution in [0.15, 0.2) is 150 Å². The van der Waals surface area contributed by atoms with Gasteiger partial charge < -0.3 is 4.42 Å². The third-order valence-electron chi connectivity index (χ3n) is 8.36. The molecule has 0 saturated heterocycles. The number of pyridine rings is 1. The lowest BCUT2D eigenvalue weighted by atomic mass is 10.0. The molecule has 9 aromatic rings. The summed E-state index contributed by atoms with van der Waals surface area (Å²) in [6.07, 6.45) is 1.76. The molecule has 45 heavy (non-hydrogen) atoms. The molecule has 5 nitrogen and oxygen atoms in total. The van der Waals surface area contributed by atoms with E-state index in [2.05, 4.69) is 91.0 Å². The summed E-state index contributed by atoms with van der Waals surface area (Å²) in [5.41, 5.74) is 6.31. The van der Waals surface area contributed by atoms with E-state index in [1.807, 2.05) is 48.5 Å². The molecule has 0 saturated carbocycles. The van der Waals surface area contributed by atoms with Gasteiger partial charge in [-0.1, -0.05) is 115 Å². The molecule has 0 fully saturated rings. The summed E-state index contributed by atoms with van der Waals surface area (Å²) >= 11 is 0. The molecule has 210 valence electrons. The van der Waals surface area contributed by atoms with Crippen LogP contribution in [0.4, 0.5) is 0 Å².